The third-order valence-electron chi connectivity index (χ3n) is 5.28. The molecule has 1 saturated carbocycles. The second kappa shape index (κ2) is 9.41. The Hall–Kier alpha value is -2.38. The number of amides is 1. The van der Waals surface area contributed by atoms with Crippen LogP contribution in [-0.4, -0.2) is 38.3 Å². The molecular weight excluding hydrogens is 388 g/mol. The number of benzene rings is 2. The van der Waals surface area contributed by atoms with Crippen LogP contribution in [0.15, 0.2) is 53.4 Å². The number of rotatable bonds is 7. The minimum absolute atomic E-state index is 0.156. The summed E-state index contributed by atoms with van der Waals surface area (Å²) in [5, 5.41) is 2.79. The number of ether oxygens (including phenoxy) is 1. The number of hydrogen-bond acceptors (Lipinski definition) is 4. The van der Waals surface area contributed by atoms with Gasteiger partial charge in [0.1, 0.15) is 5.75 Å². The third kappa shape index (κ3) is 5.36. The maximum atomic E-state index is 13.3. The van der Waals surface area contributed by atoms with Crippen LogP contribution < -0.4 is 10.1 Å². The summed E-state index contributed by atoms with van der Waals surface area (Å²) in [6.07, 6.45) is 4.62. The number of hydrogen-bond donors (Lipinski definition) is 1. The number of carbonyl (C=O) groups is 1. The van der Waals surface area contributed by atoms with Crippen LogP contribution in [0.5, 0.6) is 5.75 Å². The zero-order chi connectivity index (χ0) is 20.9. The van der Waals surface area contributed by atoms with Crippen LogP contribution in [0.4, 0.5) is 5.69 Å². The van der Waals surface area contributed by atoms with Gasteiger partial charge in [-0.05, 0) is 56.2 Å². The number of aryl methyl sites for hydroxylation is 1. The van der Waals surface area contributed by atoms with Crippen LogP contribution in [0.2, 0.25) is 0 Å². The molecule has 7 heteroatoms. The lowest BCUT2D eigenvalue weighted by atomic mass is 9.95. The van der Waals surface area contributed by atoms with Crippen molar-refractivity contribution in [3.63, 3.8) is 0 Å². The number of sulfonamides is 1. The normalized spacial score (nSPS) is 15.3. The third-order valence-corrected chi connectivity index (χ3v) is 7.20. The van der Waals surface area contributed by atoms with Crippen LogP contribution in [0.1, 0.15) is 37.7 Å². The summed E-state index contributed by atoms with van der Waals surface area (Å²) in [5.74, 6) is 0.338. The fraction of sp³-hybridized carbons (Fsp3) is 0.409. The van der Waals surface area contributed by atoms with Gasteiger partial charge in [-0.1, -0.05) is 37.0 Å². The maximum absolute atomic E-state index is 13.3. The Balaban J connectivity index is 1.81. The van der Waals surface area contributed by atoms with Crippen LogP contribution >= 0.6 is 0 Å². The zero-order valence-electron chi connectivity index (χ0n) is 16.9. The van der Waals surface area contributed by atoms with Gasteiger partial charge in [-0.3, -0.25) is 4.79 Å². The molecule has 0 saturated heterocycles. The molecule has 0 spiro atoms. The summed E-state index contributed by atoms with van der Waals surface area (Å²) in [6, 6.07) is 13.6. The fourth-order valence-corrected chi connectivity index (χ4v) is 5.28. The highest BCUT2D eigenvalue weighted by atomic mass is 32.2. The molecule has 0 radical (unpaired) electrons. The molecule has 3 rings (SSSR count). The summed E-state index contributed by atoms with van der Waals surface area (Å²) in [6.45, 7) is 1.71. The Morgan fingerprint density at radius 2 is 1.66 bits per heavy atom. The Morgan fingerprint density at radius 3 is 2.24 bits per heavy atom. The second-order valence-electron chi connectivity index (χ2n) is 7.43. The van der Waals surface area contributed by atoms with Crippen LogP contribution in [0, 0.1) is 6.92 Å². The molecule has 1 aliphatic rings. The lowest BCUT2D eigenvalue weighted by Gasteiger charge is -2.33. The van der Waals surface area contributed by atoms with Crippen molar-refractivity contribution >= 4 is 21.6 Å². The number of nitrogens with one attached hydrogen (secondary N) is 1. The van der Waals surface area contributed by atoms with Crippen molar-refractivity contribution in [3.05, 3.63) is 54.1 Å². The molecule has 0 unspecified atom stereocenters. The van der Waals surface area contributed by atoms with E-state index < -0.39 is 10.0 Å². The lowest BCUT2D eigenvalue weighted by Crippen LogP contribution is -2.45. The Kier molecular flexibility index (Phi) is 6.92. The van der Waals surface area contributed by atoms with Crippen molar-refractivity contribution in [2.24, 2.45) is 0 Å². The molecule has 156 valence electrons. The van der Waals surface area contributed by atoms with Gasteiger partial charge in [-0.2, -0.15) is 4.31 Å². The van der Waals surface area contributed by atoms with Gasteiger partial charge in [0.15, 0.2) is 0 Å². The van der Waals surface area contributed by atoms with E-state index in [9.17, 15) is 13.2 Å². The largest absolute Gasteiger partial charge is 0.497 e. The van der Waals surface area contributed by atoms with Gasteiger partial charge in [0.05, 0.1) is 18.6 Å². The topological polar surface area (TPSA) is 75.7 Å². The maximum Gasteiger partial charge on any atom is 0.243 e. The zero-order valence-corrected chi connectivity index (χ0v) is 17.7. The predicted molar refractivity (Wildman–Crippen MR) is 114 cm³/mol. The van der Waals surface area contributed by atoms with E-state index in [4.69, 9.17) is 4.74 Å². The molecule has 6 nitrogen and oxygen atoms in total. The van der Waals surface area contributed by atoms with Crippen LogP contribution in [0.3, 0.4) is 0 Å². The number of anilines is 1. The molecule has 1 fully saturated rings. The first-order valence-corrected chi connectivity index (χ1v) is 11.4. The molecule has 2 aromatic rings. The number of carbonyl (C=O) groups excluding carboxylic acids is 1. The molecule has 0 aliphatic heterocycles. The standard InChI is InChI=1S/C22H28N2O4S/c1-17-8-14-21(15-9-17)29(26,27)24(19-6-4-3-5-7-19)16-22(25)23-18-10-12-20(28-2)13-11-18/h8-15,19H,3-7,16H2,1-2H3,(H,23,25). The molecule has 0 aromatic heterocycles. The van der Waals surface area contributed by atoms with Crippen molar-refractivity contribution in [3.8, 4) is 5.75 Å². The van der Waals surface area contributed by atoms with Gasteiger partial charge in [-0.15, -0.1) is 0 Å². The van der Waals surface area contributed by atoms with Gasteiger partial charge in [0.25, 0.3) is 0 Å². The minimum atomic E-state index is -3.76. The highest BCUT2D eigenvalue weighted by Crippen LogP contribution is 2.28. The van der Waals surface area contributed by atoms with Gasteiger partial charge >= 0.3 is 0 Å². The average Bonchev–Trinajstić information content (AvgIpc) is 2.73. The Labute approximate surface area is 172 Å². The molecular formula is C22H28N2O4S. The van der Waals surface area contributed by atoms with E-state index >= 15 is 0 Å². The Bertz CT molecular complexity index is 918. The first kappa shape index (κ1) is 21.3. The lowest BCUT2D eigenvalue weighted by molar-refractivity contribution is -0.116. The first-order chi connectivity index (χ1) is 13.9. The van der Waals surface area contributed by atoms with E-state index in [0.717, 1.165) is 37.7 Å². The van der Waals surface area contributed by atoms with E-state index in [1.807, 2.05) is 6.92 Å². The number of nitrogens with zero attached hydrogens (tertiary/aromatic N) is 1. The highest BCUT2D eigenvalue weighted by Gasteiger charge is 2.33. The fourth-order valence-electron chi connectivity index (χ4n) is 3.64. The smallest absolute Gasteiger partial charge is 0.243 e. The summed E-state index contributed by atoms with van der Waals surface area (Å²) >= 11 is 0. The van der Waals surface area contributed by atoms with Gasteiger partial charge in [0.2, 0.25) is 15.9 Å². The monoisotopic (exact) mass is 416 g/mol. The molecule has 29 heavy (non-hydrogen) atoms. The molecule has 0 heterocycles. The van der Waals surface area contributed by atoms with Crippen LogP contribution in [0.25, 0.3) is 0 Å². The van der Waals surface area contributed by atoms with E-state index in [2.05, 4.69) is 5.32 Å². The van der Waals surface area contributed by atoms with E-state index in [1.165, 1.54) is 4.31 Å². The number of methoxy groups -OCH3 is 1. The molecule has 1 N–H and O–H groups in total. The summed E-state index contributed by atoms with van der Waals surface area (Å²) in [4.78, 5) is 12.9. The van der Waals surface area contributed by atoms with Gasteiger partial charge in [-0.25, -0.2) is 8.42 Å². The predicted octanol–water partition coefficient (Wildman–Crippen LogP) is 3.97. The second-order valence-corrected chi connectivity index (χ2v) is 9.32. The molecule has 2 aromatic carbocycles. The van der Waals surface area contributed by atoms with Crippen molar-refractivity contribution in [2.45, 2.75) is 50.0 Å². The molecule has 0 atom stereocenters. The SMILES string of the molecule is COc1ccc(NC(=O)CN(C2CCCCC2)S(=O)(=O)c2ccc(C)cc2)cc1. The first-order valence-electron chi connectivity index (χ1n) is 9.92. The van der Waals surface area contributed by atoms with Gasteiger partial charge in [0, 0.05) is 11.7 Å². The molecule has 1 aliphatic carbocycles. The van der Waals surface area contributed by atoms with Crippen molar-refractivity contribution in [1.29, 1.82) is 0 Å². The highest BCUT2D eigenvalue weighted by molar-refractivity contribution is 7.89. The minimum Gasteiger partial charge on any atom is -0.497 e. The van der Waals surface area contributed by atoms with E-state index in [1.54, 1.807) is 55.6 Å². The van der Waals surface area contributed by atoms with E-state index in [0.29, 0.717) is 11.4 Å². The summed E-state index contributed by atoms with van der Waals surface area (Å²) < 4.78 is 33.2. The van der Waals surface area contributed by atoms with Gasteiger partial charge < -0.3 is 10.1 Å². The molecule has 1 amide bonds. The van der Waals surface area contributed by atoms with Crippen LogP contribution in [-0.2, 0) is 14.8 Å². The molecule has 0 bridgehead atoms. The summed E-state index contributed by atoms with van der Waals surface area (Å²) in [7, 11) is -2.19. The van der Waals surface area contributed by atoms with Crippen molar-refractivity contribution < 1.29 is 17.9 Å². The average molecular weight is 417 g/mol. The Morgan fingerprint density at radius 1 is 1.03 bits per heavy atom. The quantitative estimate of drug-likeness (QED) is 0.741. The van der Waals surface area contributed by atoms with E-state index in [-0.39, 0.29) is 23.4 Å². The summed E-state index contributed by atoms with van der Waals surface area (Å²) in [5.41, 5.74) is 1.59. The van der Waals surface area contributed by atoms with Crippen molar-refractivity contribution in [1.82, 2.24) is 4.31 Å². The van der Waals surface area contributed by atoms with Crippen molar-refractivity contribution in [2.75, 3.05) is 19.0 Å².